The van der Waals surface area contributed by atoms with Gasteiger partial charge in [-0.15, -0.1) is 0 Å². The molecule has 0 aliphatic carbocycles. The number of nitro groups is 1. The quantitative estimate of drug-likeness (QED) is 0.159. The summed E-state index contributed by atoms with van der Waals surface area (Å²) in [4.78, 5) is 22.8. The fraction of sp³-hybridized carbons (Fsp3) is 0.167. The number of nitro benzene ring substituents is 1. The Kier molecular flexibility index (Phi) is 8.84. The zero-order chi connectivity index (χ0) is 25.4. The fourth-order valence-electron chi connectivity index (χ4n) is 3.03. The predicted octanol–water partition coefficient (Wildman–Crippen LogP) is 4.57. The first-order valence-electron chi connectivity index (χ1n) is 10.1. The van der Waals surface area contributed by atoms with Gasteiger partial charge in [-0.25, -0.2) is 5.43 Å². The highest BCUT2D eigenvalue weighted by atomic mass is 127. The SMILES string of the molecule is COc1ccc(C(=O)N/N=C/c2cc(I)c(OCc3ccc([N+](=O)[O-])cc3)c(OC)c2)cc1OC. The molecule has 0 atom stereocenters. The van der Waals surface area contributed by atoms with E-state index in [0.717, 1.165) is 9.13 Å². The van der Waals surface area contributed by atoms with Crippen molar-refractivity contribution in [3.63, 3.8) is 0 Å². The lowest BCUT2D eigenvalue weighted by Gasteiger charge is -2.13. The summed E-state index contributed by atoms with van der Waals surface area (Å²) >= 11 is 2.11. The van der Waals surface area contributed by atoms with Gasteiger partial charge in [0.25, 0.3) is 11.6 Å². The lowest BCUT2D eigenvalue weighted by Crippen LogP contribution is -2.17. The Balaban J connectivity index is 1.68. The molecular formula is C24H22IN3O7. The van der Waals surface area contributed by atoms with Crippen LogP contribution in [0.5, 0.6) is 23.0 Å². The Morgan fingerprint density at radius 3 is 2.31 bits per heavy atom. The molecule has 0 unspecified atom stereocenters. The molecule has 0 saturated carbocycles. The van der Waals surface area contributed by atoms with Crippen LogP contribution in [0.1, 0.15) is 21.5 Å². The first kappa shape index (κ1) is 25.7. The zero-order valence-corrected chi connectivity index (χ0v) is 21.3. The van der Waals surface area contributed by atoms with E-state index in [2.05, 4.69) is 33.1 Å². The minimum atomic E-state index is -0.451. The number of carbonyl (C=O) groups excluding carboxylic acids is 1. The number of halogens is 1. The monoisotopic (exact) mass is 591 g/mol. The predicted molar refractivity (Wildman–Crippen MR) is 138 cm³/mol. The molecule has 3 aromatic carbocycles. The summed E-state index contributed by atoms with van der Waals surface area (Å²) in [5.74, 6) is 1.55. The van der Waals surface area contributed by atoms with E-state index in [1.807, 2.05) is 6.07 Å². The molecule has 3 rings (SSSR count). The average Bonchev–Trinajstić information content (AvgIpc) is 2.87. The van der Waals surface area contributed by atoms with Gasteiger partial charge < -0.3 is 18.9 Å². The van der Waals surface area contributed by atoms with Crippen LogP contribution in [0.3, 0.4) is 0 Å². The number of rotatable bonds is 10. The minimum absolute atomic E-state index is 0.0165. The second-order valence-corrected chi connectivity index (χ2v) is 8.18. The second kappa shape index (κ2) is 12.0. The third-order valence-corrected chi connectivity index (χ3v) is 5.61. The van der Waals surface area contributed by atoms with Gasteiger partial charge in [-0.05, 0) is 76.2 Å². The van der Waals surface area contributed by atoms with Crippen molar-refractivity contribution >= 4 is 40.4 Å². The van der Waals surface area contributed by atoms with E-state index in [1.54, 1.807) is 36.4 Å². The number of hydrogen-bond acceptors (Lipinski definition) is 8. The molecular weight excluding hydrogens is 569 g/mol. The summed E-state index contributed by atoms with van der Waals surface area (Å²) in [6.45, 7) is 0.208. The number of methoxy groups -OCH3 is 3. The van der Waals surface area contributed by atoms with Crippen LogP contribution >= 0.6 is 22.6 Å². The van der Waals surface area contributed by atoms with Crippen LogP contribution in [0, 0.1) is 13.7 Å². The smallest absolute Gasteiger partial charge is 0.271 e. The van der Waals surface area contributed by atoms with Gasteiger partial charge in [-0.1, -0.05) is 0 Å². The molecule has 0 saturated heterocycles. The number of ether oxygens (including phenoxy) is 4. The molecule has 0 spiro atoms. The number of carbonyl (C=O) groups is 1. The van der Waals surface area contributed by atoms with Crippen LogP contribution in [0.25, 0.3) is 0 Å². The summed E-state index contributed by atoms with van der Waals surface area (Å²) in [6, 6.07) is 14.5. The average molecular weight is 591 g/mol. The molecule has 11 heteroatoms. The topological polar surface area (TPSA) is 122 Å². The van der Waals surface area contributed by atoms with Crippen LogP contribution in [0.15, 0.2) is 59.7 Å². The van der Waals surface area contributed by atoms with E-state index in [1.165, 1.54) is 39.7 Å². The van der Waals surface area contributed by atoms with Gasteiger partial charge >= 0.3 is 0 Å². The van der Waals surface area contributed by atoms with Gasteiger partial charge in [0.15, 0.2) is 23.0 Å². The van der Waals surface area contributed by atoms with Gasteiger partial charge in [0.05, 0.1) is 36.0 Å². The van der Waals surface area contributed by atoms with Crippen molar-refractivity contribution in [2.24, 2.45) is 5.10 Å². The van der Waals surface area contributed by atoms with Crippen LogP contribution < -0.4 is 24.4 Å². The number of non-ortho nitro benzene ring substituents is 1. The Bertz CT molecular complexity index is 1250. The van der Waals surface area contributed by atoms with Crippen LogP contribution in [-0.2, 0) is 6.61 Å². The van der Waals surface area contributed by atoms with Gasteiger partial charge in [0.2, 0.25) is 0 Å². The first-order chi connectivity index (χ1) is 16.9. The Morgan fingerprint density at radius 2 is 1.69 bits per heavy atom. The van der Waals surface area contributed by atoms with Crippen molar-refractivity contribution < 1.29 is 28.7 Å². The van der Waals surface area contributed by atoms with Crippen LogP contribution in [0.4, 0.5) is 5.69 Å². The molecule has 0 heterocycles. The van der Waals surface area contributed by atoms with Crippen LogP contribution in [0.2, 0.25) is 0 Å². The summed E-state index contributed by atoms with van der Waals surface area (Å²) in [7, 11) is 4.53. The second-order valence-electron chi connectivity index (χ2n) is 7.02. The summed E-state index contributed by atoms with van der Waals surface area (Å²) in [5, 5.41) is 14.8. The summed E-state index contributed by atoms with van der Waals surface area (Å²) in [6.07, 6.45) is 1.49. The van der Waals surface area contributed by atoms with Gasteiger partial charge in [0.1, 0.15) is 6.61 Å². The lowest BCUT2D eigenvalue weighted by molar-refractivity contribution is -0.384. The Hall–Kier alpha value is -3.87. The van der Waals surface area contributed by atoms with Gasteiger partial charge in [0, 0.05) is 17.7 Å². The highest BCUT2D eigenvalue weighted by molar-refractivity contribution is 14.1. The first-order valence-corrected chi connectivity index (χ1v) is 11.2. The molecule has 35 heavy (non-hydrogen) atoms. The van der Waals surface area contributed by atoms with Crippen molar-refractivity contribution in [3.05, 3.63) is 85.0 Å². The molecule has 3 aromatic rings. The molecule has 1 N–H and O–H groups in total. The number of hydrazone groups is 1. The van der Waals surface area contributed by atoms with Crippen molar-refractivity contribution in [2.45, 2.75) is 6.61 Å². The fourth-order valence-corrected chi connectivity index (χ4v) is 3.81. The maximum Gasteiger partial charge on any atom is 0.271 e. The molecule has 0 bridgehead atoms. The Morgan fingerprint density at radius 1 is 1.00 bits per heavy atom. The van der Waals surface area contributed by atoms with Crippen molar-refractivity contribution in [2.75, 3.05) is 21.3 Å². The van der Waals surface area contributed by atoms with E-state index >= 15 is 0 Å². The summed E-state index contributed by atoms with van der Waals surface area (Å²) < 4.78 is 22.5. The normalized spacial score (nSPS) is 10.6. The highest BCUT2D eigenvalue weighted by Gasteiger charge is 2.13. The lowest BCUT2D eigenvalue weighted by atomic mass is 10.2. The molecule has 0 fully saturated rings. The number of benzene rings is 3. The highest BCUT2D eigenvalue weighted by Crippen LogP contribution is 2.34. The summed E-state index contributed by atoms with van der Waals surface area (Å²) in [5.41, 5.74) is 4.31. The van der Waals surface area contributed by atoms with Crippen molar-refractivity contribution in [1.82, 2.24) is 5.43 Å². The molecule has 1 amide bonds. The van der Waals surface area contributed by atoms with Gasteiger partial charge in [-0.2, -0.15) is 5.10 Å². The molecule has 0 radical (unpaired) electrons. The molecule has 10 nitrogen and oxygen atoms in total. The van der Waals surface area contributed by atoms with E-state index in [4.69, 9.17) is 18.9 Å². The molecule has 0 aromatic heterocycles. The maximum absolute atomic E-state index is 12.4. The van der Waals surface area contributed by atoms with E-state index in [0.29, 0.717) is 34.1 Å². The third-order valence-electron chi connectivity index (χ3n) is 4.81. The number of nitrogens with one attached hydrogen (secondary N) is 1. The molecule has 0 aliphatic rings. The van der Waals surface area contributed by atoms with E-state index in [9.17, 15) is 14.9 Å². The van der Waals surface area contributed by atoms with E-state index < -0.39 is 10.8 Å². The van der Waals surface area contributed by atoms with Crippen molar-refractivity contribution in [1.29, 1.82) is 0 Å². The van der Waals surface area contributed by atoms with Gasteiger partial charge in [-0.3, -0.25) is 14.9 Å². The maximum atomic E-state index is 12.4. The molecule has 182 valence electrons. The molecule has 0 aliphatic heterocycles. The number of nitrogens with zero attached hydrogens (tertiary/aromatic N) is 2. The number of hydrogen-bond donors (Lipinski definition) is 1. The third kappa shape index (κ3) is 6.59. The number of amides is 1. The van der Waals surface area contributed by atoms with Crippen LogP contribution in [-0.4, -0.2) is 38.4 Å². The standard InChI is InChI=1S/C24H22IN3O7/c1-32-20-9-6-17(12-21(20)33-2)24(29)27-26-13-16-10-19(25)23(22(11-16)34-3)35-14-15-4-7-18(8-5-15)28(30)31/h4-13H,14H2,1-3H3,(H,27,29)/b26-13+. The largest absolute Gasteiger partial charge is 0.493 e. The zero-order valence-electron chi connectivity index (χ0n) is 19.1. The van der Waals surface area contributed by atoms with E-state index in [-0.39, 0.29) is 12.3 Å². The van der Waals surface area contributed by atoms with Crippen molar-refractivity contribution in [3.8, 4) is 23.0 Å². The minimum Gasteiger partial charge on any atom is -0.493 e. The Labute approximate surface area is 215 Å².